The van der Waals surface area contributed by atoms with E-state index in [1.54, 1.807) is 0 Å². The lowest BCUT2D eigenvalue weighted by molar-refractivity contribution is 0.180. The van der Waals surface area contributed by atoms with E-state index in [1.165, 1.54) is 58.4 Å². The van der Waals surface area contributed by atoms with Crippen molar-refractivity contribution in [3.8, 4) is 0 Å². The van der Waals surface area contributed by atoms with Gasteiger partial charge in [0.1, 0.15) is 0 Å². The molecule has 1 aliphatic rings. The van der Waals surface area contributed by atoms with E-state index in [-0.39, 0.29) is 0 Å². The molecule has 0 amide bonds. The maximum absolute atomic E-state index is 3.50. The van der Waals surface area contributed by atoms with Crippen LogP contribution in [0.1, 0.15) is 46.5 Å². The van der Waals surface area contributed by atoms with Gasteiger partial charge >= 0.3 is 0 Å². The predicted molar refractivity (Wildman–Crippen MR) is 80.1 cm³/mol. The first-order chi connectivity index (χ1) is 8.63. The molecule has 1 saturated heterocycles. The Morgan fingerprint density at radius 3 is 2.67 bits per heavy atom. The van der Waals surface area contributed by atoms with E-state index < -0.39 is 0 Å². The maximum Gasteiger partial charge on any atom is 0.0220 e. The highest BCUT2D eigenvalue weighted by molar-refractivity contribution is 4.77. The monoisotopic (exact) mass is 255 g/mol. The topological polar surface area (TPSA) is 18.5 Å². The molecule has 0 spiro atoms. The summed E-state index contributed by atoms with van der Waals surface area (Å²) < 4.78 is 0. The summed E-state index contributed by atoms with van der Waals surface area (Å²) in [6.45, 7) is 13.0. The summed E-state index contributed by atoms with van der Waals surface area (Å²) in [5.74, 6) is 0. The third kappa shape index (κ3) is 6.17. The molecule has 18 heavy (non-hydrogen) atoms. The van der Waals surface area contributed by atoms with Crippen molar-refractivity contribution < 1.29 is 0 Å². The lowest BCUT2D eigenvalue weighted by Crippen LogP contribution is -2.40. The molecule has 1 unspecified atom stereocenters. The Labute approximate surface area is 114 Å². The van der Waals surface area contributed by atoms with Gasteiger partial charge in [-0.05, 0) is 58.9 Å². The standard InChI is InChI=1S/C15H33N3/c1-5-15-13-17(4)10-8-12-18(15)11-7-6-9-16-14(2)3/h14-16H,5-13H2,1-4H3. The van der Waals surface area contributed by atoms with Crippen LogP contribution < -0.4 is 5.32 Å². The Morgan fingerprint density at radius 1 is 1.22 bits per heavy atom. The lowest BCUT2D eigenvalue weighted by Gasteiger charge is -2.30. The third-order valence-electron chi connectivity index (χ3n) is 3.92. The summed E-state index contributed by atoms with van der Waals surface area (Å²) in [5.41, 5.74) is 0. The second kappa shape index (κ2) is 8.89. The Hall–Kier alpha value is -0.120. The van der Waals surface area contributed by atoms with Gasteiger partial charge in [-0.1, -0.05) is 20.8 Å². The van der Waals surface area contributed by atoms with Crippen LogP contribution in [-0.4, -0.2) is 61.7 Å². The molecule has 1 N–H and O–H groups in total. The van der Waals surface area contributed by atoms with Gasteiger partial charge in [0, 0.05) is 18.6 Å². The molecule has 1 atom stereocenters. The number of unbranched alkanes of at least 4 members (excludes halogenated alkanes) is 1. The number of nitrogens with zero attached hydrogens (tertiary/aromatic N) is 2. The van der Waals surface area contributed by atoms with Gasteiger partial charge in [-0.15, -0.1) is 0 Å². The smallest absolute Gasteiger partial charge is 0.0220 e. The van der Waals surface area contributed by atoms with Gasteiger partial charge in [0.2, 0.25) is 0 Å². The van der Waals surface area contributed by atoms with E-state index in [2.05, 4.69) is 42.9 Å². The van der Waals surface area contributed by atoms with Crippen LogP contribution in [0.4, 0.5) is 0 Å². The largest absolute Gasteiger partial charge is 0.315 e. The van der Waals surface area contributed by atoms with Gasteiger partial charge in [-0.3, -0.25) is 4.90 Å². The Kier molecular flexibility index (Phi) is 7.87. The van der Waals surface area contributed by atoms with E-state index in [9.17, 15) is 0 Å². The van der Waals surface area contributed by atoms with Crippen molar-refractivity contribution in [2.24, 2.45) is 0 Å². The summed E-state index contributed by atoms with van der Waals surface area (Å²) in [4.78, 5) is 5.22. The average molecular weight is 255 g/mol. The molecule has 1 rings (SSSR count). The van der Waals surface area contributed by atoms with Gasteiger partial charge in [0.15, 0.2) is 0 Å². The molecule has 1 aliphatic heterocycles. The fourth-order valence-corrected chi connectivity index (χ4v) is 2.81. The zero-order valence-corrected chi connectivity index (χ0v) is 12.9. The van der Waals surface area contributed by atoms with Gasteiger partial charge in [0.25, 0.3) is 0 Å². The van der Waals surface area contributed by atoms with E-state index in [0.717, 1.165) is 6.04 Å². The second-order valence-corrected chi connectivity index (χ2v) is 6.03. The zero-order valence-electron chi connectivity index (χ0n) is 12.9. The summed E-state index contributed by atoms with van der Waals surface area (Å²) >= 11 is 0. The molecule has 3 heteroatoms. The fraction of sp³-hybridized carbons (Fsp3) is 1.00. The number of likely N-dealkylation sites (N-methyl/N-ethyl adjacent to an activating group) is 1. The quantitative estimate of drug-likeness (QED) is 0.704. The fourth-order valence-electron chi connectivity index (χ4n) is 2.81. The first-order valence-corrected chi connectivity index (χ1v) is 7.79. The van der Waals surface area contributed by atoms with Crippen molar-refractivity contribution in [1.29, 1.82) is 0 Å². The van der Waals surface area contributed by atoms with Gasteiger partial charge < -0.3 is 10.2 Å². The van der Waals surface area contributed by atoms with Crippen LogP contribution >= 0.6 is 0 Å². The van der Waals surface area contributed by atoms with Crippen molar-refractivity contribution in [1.82, 2.24) is 15.1 Å². The number of hydrogen-bond acceptors (Lipinski definition) is 3. The highest BCUT2D eigenvalue weighted by Gasteiger charge is 2.20. The first-order valence-electron chi connectivity index (χ1n) is 7.79. The molecule has 0 aromatic rings. The Morgan fingerprint density at radius 2 is 2.00 bits per heavy atom. The summed E-state index contributed by atoms with van der Waals surface area (Å²) in [7, 11) is 2.26. The number of nitrogens with one attached hydrogen (secondary N) is 1. The van der Waals surface area contributed by atoms with Crippen LogP contribution in [0.5, 0.6) is 0 Å². The molecule has 1 fully saturated rings. The van der Waals surface area contributed by atoms with Crippen molar-refractivity contribution >= 4 is 0 Å². The molecule has 0 aromatic carbocycles. The molecule has 1 heterocycles. The zero-order chi connectivity index (χ0) is 13.4. The third-order valence-corrected chi connectivity index (χ3v) is 3.92. The predicted octanol–water partition coefficient (Wildman–Crippen LogP) is 2.18. The van der Waals surface area contributed by atoms with Crippen molar-refractivity contribution in [2.45, 2.75) is 58.5 Å². The van der Waals surface area contributed by atoms with E-state index in [1.807, 2.05) is 0 Å². The van der Waals surface area contributed by atoms with E-state index in [4.69, 9.17) is 0 Å². The molecule has 0 radical (unpaired) electrons. The molecule has 0 aromatic heterocycles. The van der Waals surface area contributed by atoms with Crippen LogP contribution in [0.25, 0.3) is 0 Å². The lowest BCUT2D eigenvalue weighted by atomic mass is 10.1. The van der Waals surface area contributed by atoms with Crippen LogP contribution in [0.2, 0.25) is 0 Å². The highest BCUT2D eigenvalue weighted by Crippen LogP contribution is 2.12. The minimum Gasteiger partial charge on any atom is -0.315 e. The highest BCUT2D eigenvalue weighted by atomic mass is 15.2. The average Bonchev–Trinajstić information content (AvgIpc) is 2.50. The number of hydrogen-bond donors (Lipinski definition) is 1. The van der Waals surface area contributed by atoms with Crippen LogP contribution in [-0.2, 0) is 0 Å². The van der Waals surface area contributed by atoms with Crippen LogP contribution in [0, 0.1) is 0 Å². The second-order valence-electron chi connectivity index (χ2n) is 6.03. The first kappa shape index (κ1) is 15.9. The summed E-state index contributed by atoms with van der Waals surface area (Å²) in [6, 6.07) is 1.40. The van der Waals surface area contributed by atoms with E-state index >= 15 is 0 Å². The molecule has 108 valence electrons. The Balaban J connectivity index is 2.21. The van der Waals surface area contributed by atoms with Crippen molar-refractivity contribution in [3.05, 3.63) is 0 Å². The van der Waals surface area contributed by atoms with Crippen molar-refractivity contribution in [3.63, 3.8) is 0 Å². The van der Waals surface area contributed by atoms with Crippen LogP contribution in [0.3, 0.4) is 0 Å². The van der Waals surface area contributed by atoms with Gasteiger partial charge in [-0.25, -0.2) is 0 Å². The minimum absolute atomic E-state index is 0.625. The van der Waals surface area contributed by atoms with Crippen molar-refractivity contribution in [2.75, 3.05) is 39.8 Å². The Bertz CT molecular complexity index is 206. The summed E-state index contributed by atoms with van der Waals surface area (Å²) in [5, 5.41) is 3.50. The maximum atomic E-state index is 3.50. The minimum atomic E-state index is 0.625. The molecule has 3 nitrogen and oxygen atoms in total. The summed E-state index contributed by atoms with van der Waals surface area (Å²) in [6.07, 6.45) is 5.26. The SMILES string of the molecule is CCC1CN(C)CCCN1CCCCNC(C)C. The van der Waals surface area contributed by atoms with E-state index in [0.29, 0.717) is 6.04 Å². The normalized spacial score (nSPS) is 23.5. The molecule has 0 aliphatic carbocycles. The van der Waals surface area contributed by atoms with Crippen LogP contribution in [0.15, 0.2) is 0 Å². The van der Waals surface area contributed by atoms with Gasteiger partial charge in [-0.2, -0.15) is 0 Å². The van der Waals surface area contributed by atoms with Gasteiger partial charge in [0.05, 0.1) is 0 Å². The molecule has 0 bridgehead atoms. The molecular formula is C15H33N3. The number of rotatable bonds is 7. The molecule has 0 saturated carbocycles. The molecular weight excluding hydrogens is 222 g/mol.